The maximum atomic E-state index is 12.1. The van der Waals surface area contributed by atoms with E-state index in [0.29, 0.717) is 18.4 Å². The summed E-state index contributed by atoms with van der Waals surface area (Å²) in [5.41, 5.74) is 0. The van der Waals surface area contributed by atoms with Gasteiger partial charge in [0, 0.05) is 13.6 Å². The van der Waals surface area contributed by atoms with E-state index in [4.69, 9.17) is 0 Å². The zero-order valence-corrected chi connectivity index (χ0v) is 12.6. The molecule has 0 spiro atoms. The van der Waals surface area contributed by atoms with Crippen LogP contribution in [0, 0.1) is 5.92 Å². The Hall–Kier alpha value is -1.21. The summed E-state index contributed by atoms with van der Waals surface area (Å²) in [6, 6.07) is 0. The second-order valence-electron chi connectivity index (χ2n) is 5.18. The Morgan fingerprint density at radius 2 is 1.85 bits per heavy atom. The fraction of sp³-hybridized carbons (Fsp3) is 0.692. The van der Waals surface area contributed by atoms with Gasteiger partial charge >= 0.3 is 0 Å². The second kappa shape index (κ2) is 6.99. The largest absolute Gasteiger partial charge is 0.357 e. The summed E-state index contributed by atoms with van der Waals surface area (Å²) in [5.74, 6) is 1.07. The number of hydrogen-bond acceptors (Lipinski definition) is 5. The molecule has 1 heterocycles. The van der Waals surface area contributed by atoms with Gasteiger partial charge in [-0.05, 0) is 12.3 Å². The maximum Gasteiger partial charge on any atom is 0.243 e. The Kier molecular flexibility index (Phi) is 5.31. The van der Waals surface area contributed by atoms with E-state index in [2.05, 4.69) is 20.0 Å². The molecule has 6 nitrogen and oxygen atoms in total. The van der Waals surface area contributed by atoms with Gasteiger partial charge in [-0.25, -0.2) is 23.1 Å². The zero-order valence-electron chi connectivity index (χ0n) is 11.8. The predicted octanol–water partition coefficient (Wildman–Crippen LogP) is 1.77. The average molecular weight is 298 g/mol. The molecule has 1 aliphatic rings. The standard InChI is InChI=1S/C13H22N4O2S/c1-14-13-15-9-12(10-16-13)20(18,19)17-8-7-11-5-3-2-4-6-11/h9-11,17H,2-8H2,1H3,(H,14,15,16). The molecule has 2 rings (SSSR count). The van der Waals surface area contributed by atoms with Crippen LogP contribution >= 0.6 is 0 Å². The van der Waals surface area contributed by atoms with Crippen LogP contribution in [-0.2, 0) is 10.0 Å². The number of nitrogens with one attached hydrogen (secondary N) is 2. The number of anilines is 1. The SMILES string of the molecule is CNc1ncc(S(=O)(=O)NCCC2CCCCC2)cn1. The third-order valence-corrected chi connectivity index (χ3v) is 5.15. The Labute approximate surface area is 120 Å². The number of sulfonamides is 1. The van der Waals surface area contributed by atoms with Gasteiger partial charge in [0.05, 0.1) is 12.4 Å². The lowest BCUT2D eigenvalue weighted by Gasteiger charge is -2.21. The molecule has 1 aliphatic carbocycles. The second-order valence-corrected chi connectivity index (χ2v) is 6.95. The van der Waals surface area contributed by atoms with Gasteiger partial charge in [0.2, 0.25) is 16.0 Å². The van der Waals surface area contributed by atoms with E-state index in [-0.39, 0.29) is 4.90 Å². The van der Waals surface area contributed by atoms with Gasteiger partial charge in [0.1, 0.15) is 4.90 Å². The van der Waals surface area contributed by atoms with E-state index in [9.17, 15) is 8.42 Å². The van der Waals surface area contributed by atoms with E-state index in [0.717, 1.165) is 6.42 Å². The molecule has 1 aromatic rings. The van der Waals surface area contributed by atoms with Gasteiger partial charge in [-0.15, -0.1) is 0 Å². The van der Waals surface area contributed by atoms with Gasteiger partial charge in [-0.3, -0.25) is 0 Å². The van der Waals surface area contributed by atoms with E-state index in [1.165, 1.54) is 44.5 Å². The van der Waals surface area contributed by atoms with Crippen molar-refractivity contribution in [2.45, 2.75) is 43.4 Å². The minimum absolute atomic E-state index is 0.111. The van der Waals surface area contributed by atoms with Crippen molar-refractivity contribution < 1.29 is 8.42 Å². The lowest BCUT2D eigenvalue weighted by Crippen LogP contribution is -2.27. The summed E-state index contributed by atoms with van der Waals surface area (Å²) < 4.78 is 26.8. The minimum atomic E-state index is -3.49. The Morgan fingerprint density at radius 1 is 1.20 bits per heavy atom. The third kappa shape index (κ3) is 4.14. The summed E-state index contributed by atoms with van der Waals surface area (Å²) in [5, 5.41) is 2.75. The van der Waals surface area contributed by atoms with Crippen molar-refractivity contribution >= 4 is 16.0 Å². The molecule has 2 N–H and O–H groups in total. The van der Waals surface area contributed by atoms with Crippen LogP contribution in [0.3, 0.4) is 0 Å². The molecule has 0 aliphatic heterocycles. The summed E-state index contributed by atoms with van der Waals surface area (Å²) in [6.45, 7) is 0.487. The van der Waals surface area contributed by atoms with Crippen LogP contribution in [0.1, 0.15) is 38.5 Å². The molecule has 20 heavy (non-hydrogen) atoms. The fourth-order valence-electron chi connectivity index (χ4n) is 2.54. The van der Waals surface area contributed by atoms with Crippen molar-refractivity contribution in [2.75, 3.05) is 18.9 Å². The van der Waals surface area contributed by atoms with Crippen molar-refractivity contribution in [3.05, 3.63) is 12.4 Å². The predicted molar refractivity (Wildman–Crippen MR) is 78.0 cm³/mol. The summed E-state index contributed by atoms with van der Waals surface area (Å²) in [4.78, 5) is 7.95. The average Bonchev–Trinajstić information content (AvgIpc) is 2.48. The van der Waals surface area contributed by atoms with E-state index < -0.39 is 10.0 Å². The summed E-state index contributed by atoms with van der Waals surface area (Å²) >= 11 is 0. The normalized spacial score (nSPS) is 17.1. The lowest BCUT2D eigenvalue weighted by atomic mass is 9.87. The Morgan fingerprint density at radius 3 is 2.45 bits per heavy atom. The van der Waals surface area contributed by atoms with Gasteiger partial charge in [0.25, 0.3) is 0 Å². The molecule has 1 fully saturated rings. The van der Waals surface area contributed by atoms with Crippen molar-refractivity contribution in [3.8, 4) is 0 Å². The highest BCUT2D eigenvalue weighted by atomic mass is 32.2. The highest BCUT2D eigenvalue weighted by Gasteiger charge is 2.17. The van der Waals surface area contributed by atoms with Crippen LogP contribution in [0.5, 0.6) is 0 Å². The molecule has 1 aromatic heterocycles. The molecule has 0 unspecified atom stereocenters. The van der Waals surface area contributed by atoms with Gasteiger partial charge in [-0.1, -0.05) is 32.1 Å². The molecule has 7 heteroatoms. The monoisotopic (exact) mass is 298 g/mol. The van der Waals surface area contributed by atoms with Crippen LogP contribution in [0.15, 0.2) is 17.3 Å². The quantitative estimate of drug-likeness (QED) is 0.836. The molecule has 0 bridgehead atoms. The lowest BCUT2D eigenvalue weighted by molar-refractivity contribution is 0.339. The molecule has 1 saturated carbocycles. The Bertz CT molecular complexity index is 510. The van der Waals surface area contributed by atoms with Gasteiger partial charge < -0.3 is 5.32 Å². The van der Waals surface area contributed by atoms with Crippen molar-refractivity contribution in [1.29, 1.82) is 0 Å². The Balaban J connectivity index is 1.86. The van der Waals surface area contributed by atoms with Crippen molar-refractivity contribution in [1.82, 2.24) is 14.7 Å². The van der Waals surface area contributed by atoms with Crippen LogP contribution < -0.4 is 10.0 Å². The van der Waals surface area contributed by atoms with Crippen LogP contribution in [-0.4, -0.2) is 32.0 Å². The first-order chi connectivity index (χ1) is 9.62. The molecule has 0 aromatic carbocycles. The first-order valence-electron chi connectivity index (χ1n) is 7.11. The highest BCUT2D eigenvalue weighted by molar-refractivity contribution is 7.89. The topological polar surface area (TPSA) is 84.0 Å². The fourth-order valence-corrected chi connectivity index (χ4v) is 3.48. The molecular weight excluding hydrogens is 276 g/mol. The van der Waals surface area contributed by atoms with Crippen molar-refractivity contribution in [3.63, 3.8) is 0 Å². The first kappa shape index (κ1) is 15.2. The maximum absolute atomic E-state index is 12.1. The van der Waals surface area contributed by atoms with Crippen LogP contribution in [0.25, 0.3) is 0 Å². The zero-order chi connectivity index (χ0) is 14.4. The summed E-state index contributed by atoms with van der Waals surface area (Å²) in [7, 11) is -1.80. The van der Waals surface area contributed by atoms with Crippen LogP contribution in [0.4, 0.5) is 5.95 Å². The number of aromatic nitrogens is 2. The number of hydrogen-bond donors (Lipinski definition) is 2. The summed E-state index contributed by atoms with van der Waals surface area (Å²) in [6.07, 6.45) is 9.87. The smallest absolute Gasteiger partial charge is 0.243 e. The molecule has 0 atom stereocenters. The molecule has 0 amide bonds. The molecule has 0 saturated heterocycles. The van der Waals surface area contributed by atoms with Gasteiger partial charge in [-0.2, -0.15) is 0 Å². The van der Waals surface area contributed by atoms with Gasteiger partial charge in [0.15, 0.2) is 0 Å². The molecular formula is C13H22N4O2S. The van der Waals surface area contributed by atoms with E-state index in [1.54, 1.807) is 7.05 Å². The number of rotatable bonds is 6. The minimum Gasteiger partial charge on any atom is -0.357 e. The molecule has 0 radical (unpaired) electrons. The van der Waals surface area contributed by atoms with Crippen molar-refractivity contribution in [2.24, 2.45) is 5.92 Å². The van der Waals surface area contributed by atoms with E-state index >= 15 is 0 Å². The first-order valence-corrected chi connectivity index (χ1v) is 8.59. The highest BCUT2D eigenvalue weighted by Crippen LogP contribution is 2.25. The van der Waals surface area contributed by atoms with Crippen LogP contribution in [0.2, 0.25) is 0 Å². The number of nitrogens with zero attached hydrogens (tertiary/aromatic N) is 2. The third-order valence-electron chi connectivity index (χ3n) is 3.73. The van der Waals surface area contributed by atoms with E-state index in [1.807, 2.05) is 0 Å². The molecule has 112 valence electrons.